The summed E-state index contributed by atoms with van der Waals surface area (Å²) < 4.78 is 48.7. The van der Waals surface area contributed by atoms with Gasteiger partial charge in [-0.25, -0.2) is 8.42 Å². The molecule has 0 saturated heterocycles. The highest BCUT2D eigenvalue weighted by Gasteiger charge is 2.29. The van der Waals surface area contributed by atoms with E-state index in [2.05, 4.69) is 5.32 Å². The number of benzene rings is 2. The lowest BCUT2D eigenvalue weighted by Crippen LogP contribution is -2.17. The molecule has 0 unspecified atom stereocenters. The second kappa shape index (κ2) is 6.82. The molecular formula is C14H9Cl2F2NO3S. The molecule has 0 spiro atoms. The zero-order valence-corrected chi connectivity index (χ0v) is 13.6. The summed E-state index contributed by atoms with van der Waals surface area (Å²) in [5.74, 6) is -4.30. The first-order valence-corrected chi connectivity index (χ1v) is 8.41. The summed E-state index contributed by atoms with van der Waals surface area (Å²) in [6.45, 7) is 0. The molecule has 23 heavy (non-hydrogen) atoms. The van der Waals surface area contributed by atoms with Crippen LogP contribution in [0.3, 0.4) is 0 Å². The minimum Gasteiger partial charge on any atom is -0.321 e. The van der Waals surface area contributed by atoms with Crippen LogP contribution in [0, 0.1) is 0 Å². The summed E-state index contributed by atoms with van der Waals surface area (Å²) in [6.07, 6.45) is 0. The lowest BCUT2D eigenvalue weighted by Gasteiger charge is -2.11. The van der Waals surface area contributed by atoms with Crippen molar-refractivity contribution in [3.05, 3.63) is 58.1 Å². The molecule has 122 valence electrons. The van der Waals surface area contributed by atoms with E-state index in [0.29, 0.717) is 0 Å². The number of amides is 1. The van der Waals surface area contributed by atoms with E-state index >= 15 is 0 Å². The van der Waals surface area contributed by atoms with Crippen molar-refractivity contribution >= 4 is 44.6 Å². The molecule has 4 nitrogen and oxygen atoms in total. The van der Waals surface area contributed by atoms with Crippen LogP contribution in [0.25, 0.3) is 0 Å². The zero-order chi connectivity index (χ0) is 17.2. The average molecular weight is 380 g/mol. The number of hydrogen-bond donors (Lipinski definition) is 1. The molecule has 2 aromatic rings. The van der Waals surface area contributed by atoms with Gasteiger partial charge in [-0.15, -0.1) is 0 Å². The Morgan fingerprint density at radius 1 is 1.04 bits per heavy atom. The Kier molecular flexibility index (Phi) is 5.23. The van der Waals surface area contributed by atoms with Crippen LogP contribution in [0.2, 0.25) is 10.0 Å². The first-order valence-electron chi connectivity index (χ1n) is 6.11. The summed E-state index contributed by atoms with van der Waals surface area (Å²) in [6, 6.07) is 8.94. The third-order valence-corrected chi connectivity index (χ3v) is 5.04. The van der Waals surface area contributed by atoms with Gasteiger partial charge in [0.2, 0.25) is 9.84 Å². The molecule has 0 atom stereocenters. The van der Waals surface area contributed by atoms with E-state index in [4.69, 9.17) is 23.2 Å². The third kappa shape index (κ3) is 3.80. The first-order chi connectivity index (χ1) is 10.7. The van der Waals surface area contributed by atoms with Gasteiger partial charge in [0.1, 0.15) is 0 Å². The Bertz CT molecular complexity index is 857. The average Bonchev–Trinajstić information content (AvgIpc) is 2.50. The molecule has 0 aromatic heterocycles. The van der Waals surface area contributed by atoms with Gasteiger partial charge in [-0.3, -0.25) is 4.79 Å². The van der Waals surface area contributed by atoms with E-state index in [1.165, 1.54) is 36.4 Å². The van der Waals surface area contributed by atoms with Crippen LogP contribution >= 0.6 is 23.2 Å². The van der Waals surface area contributed by atoms with E-state index in [-0.39, 0.29) is 21.3 Å². The summed E-state index contributed by atoms with van der Waals surface area (Å²) in [4.78, 5) is 11.5. The highest BCUT2D eigenvalue weighted by Crippen LogP contribution is 2.27. The number of sulfone groups is 1. The molecule has 0 heterocycles. The van der Waals surface area contributed by atoms with Gasteiger partial charge in [-0.05, 0) is 30.3 Å². The molecular weight excluding hydrogens is 371 g/mol. The predicted octanol–water partition coefficient (Wildman–Crippen LogP) is 4.24. The maximum absolute atomic E-state index is 12.7. The van der Waals surface area contributed by atoms with Crippen molar-refractivity contribution in [3.63, 3.8) is 0 Å². The van der Waals surface area contributed by atoms with Crippen LogP contribution in [0.5, 0.6) is 0 Å². The monoisotopic (exact) mass is 379 g/mol. The third-order valence-electron chi connectivity index (χ3n) is 2.86. The Balaban J connectivity index is 2.37. The van der Waals surface area contributed by atoms with Gasteiger partial charge in [-0.1, -0.05) is 35.3 Å². The lowest BCUT2D eigenvalue weighted by atomic mass is 10.2. The van der Waals surface area contributed by atoms with Crippen molar-refractivity contribution in [1.82, 2.24) is 0 Å². The van der Waals surface area contributed by atoms with Crippen LogP contribution in [0.1, 0.15) is 10.4 Å². The van der Waals surface area contributed by atoms with Gasteiger partial charge >= 0.3 is 5.76 Å². The molecule has 1 N–H and O–H groups in total. The molecule has 0 aliphatic rings. The normalized spacial score (nSPS) is 11.5. The zero-order valence-electron chi connectivity index (χ0n) is 11.3. The van der Waals surface area contributed by atoms with Crippen molar-refractivity contribution < 1.29 is 22.0 Å². The molecule has 0 fully saturated rings. The molecule has 0 radical (unpaired) electrons. The standard InChI is InChI=1S/C14H9Cl2F2NO3S/c15-9-6-5-8(7-10(9)16)13(20)19-11-3-1-2-4-12(11)23(21,22)14(17)18/h1-7,14H,(H,19,20). The van der Waals surface area contributed by atoms with Crippen LogP contribution < -0.4 is 5.32 Å². The number of carbonyl (C=O) groups is 1. The van der Waals surface area contributed by atoms with E-state index in [1.807, 2.05) is 0 Å². The van der Waals surface area contributed by atoms with E-state index in [0.717, 1.165) is 6.07 Å². The van der Waals surface area contributed by atoms with Crippen molar-refractivity contribution in [2.75, 3.05) is 5.32 Å². The minimum absolute atomic E-state index is 0.101. The number of para-hydroxylation sites is 1. The fourth-order valence-corrected chi connectivity index (χ4v) is 2.93. The summed E-state index contributed by atoms with van der Waals surface area (Å²) >= 11 is 11.5. The Hall–Kier alpha value is -1.70. The minimum atomic E-state index is -4.85. The molecule has 0 aliphatic heterocycles. The highest BCUT2D eigenvalue weighted by molar-refractivity contribution is 7.91. The Morgan fingerprint density at radius 3 is 2.30 bits per heavy atom. The van der Waals surface area contributed by atoms with Crippen LogP contribution in [0.4, 0.5) is 14.5 Å². The molecule has 0 aliphatic carbocycles. The van der Waals surface area contributed by atoms with Crippen molar-refractivity contribution in [2.45, 2.75) is 10.7 Å². The van der Waals surface area contributed by atoms with Crippen LogP contribution in [-0.4, -0.2) is 20.1 Å². The van der Waals surface area contributed by atoms with Crippen molar-refractivity contribution in [3.8, 4) is 0 Å². The summed E-state index contributed by atoms with van der Waals surface area (Å²) in [5.41, 5.74) is -0.146. The second-order valence-electron chi connectivity index (χ2n) is 4.38. The predicted molar refractivity (Wildman–Crippen MR) is 84.0 cm³/mol. The maximum Gasteiger partial charge on any atom is 0.341 e. The summed E-state index contributed by atoms with van der Waals surface area (Å²) in [5, 5.41) is 2.65. The number of alkyl halides is 2. The lowest BCUT2D eigenvalue weighted by molar-refractivity contribution is 0.102. The number of rotatable bonds is 4. The Labute approximate surface area is 140 Å². The topological polar surface area (TPSA) is 63.2 Å². The number of carbonyl (C=O) groups excluding carboxylic acids is 1. The summed E-state index contributed by atoms with van der Waals surface area (Å²) in [7, 11) is -4.85. The molecule has 0 saturated carbocycles. The fraction of sp³-hybridized carbons (Fsp3) is 0.0714. The number of anilines is 1. The van der Waals surface area contributed by atoms with E-state index < -0.39 is 26.4 Å². The molecule has 0 bridgehead atoms. The van der Waals surface area contributed by atoms with E-state index in [9.17, 15) is 22.0 Å². The fourth-order valence-electron chi connectivity index (χ4n) is 1.75. The first kappa shape index (κ1) is 17.7. The molecule has 2 rings (SSSR count). The van der Waals surface area contributed by atoms with Gasteiger partial charge < -0.3 is 5.32 Å². The van der Waals surface area contributed by atoms with E-state index in [1.54, 1.807) is 0 Å². The molecule has 1 amide bonds. The Morgan fingerprint density at radius 2 is 1.70 bits per heavy atom. The smallest absolute Gasteiger partial charge is 0.321 e. The number of hydrogen-bond acceptors (Lipinski definition) is 3. The molecule has 9 heteroatoms. The van der Waals surface area contributed by atoms with Crippen LogP contribution in [-0.2, 0) is 9.84 Å². The quantitative estimate of drug-likeness (QED) is 0.863. The largest absolute Gasteiger partial charge is 0.341 e. The number of halogens is 4. The van der Waals surface area contributed by atoms with Crippen molar-refractivity contribution in [1.29, 1.82) is 0 Å². The van der Waals surface area contributed by atoms with Crippen LogP contribution in [0.15, 0.2) is 47.4 Å². The van der Waals surface area contributed by atoms with Crippen molar-refractivity contribution in [2.24, 2.45) is 0 Å². The number of nitrogens with one attached hydrogen (secondary N) is 1. The van der Waals surface area contributed by atoms with Gasteiger partial charge in [-0.2, -0.15) is 8.78 Å². The van der Waals surface area contributed by atoms with Gasteiger partial charge in [0, 0.05) is 5.56 Å². The maximum atomic E-state index is 12.7. The second-order valence-corrected chi connectivity index (χ2v) is 7.09. The van der Waals surface area contributed by atoms with Gasteiger partial charge in [0.15, 0.2) is 0 Å². The molecule has 2 aromatic carbocycles. The van der Waals surface area contributed by atoms with Gasteiger partial charge in [0.25, 0.3) is 5.91 Å². The van der Waals surface area contributed by atoms with Gasteiger partial charge in [0.05, 0.1) is 20.6 Å². The highest BCUT2D eigenvalue weighted by atomic mass is 35.5. The SMILES string of the molecule is O=C(Nc1ccccc1S(=O)(=O)C(F)F)c1ccc(Cl)c(Cl)c1.